The van der Waals surface area contributed by atoms with E-state index in [1.807, 2.05) is 21.1 Å². The molecular weight excluding hydrogens is 1040 g/mol. The van der Waals surface area contributed by atoms with Gasteiger partial charge < -0.3 is 19.8 Å². The second kappa shape index (κ2) is 64.2. The van der Waals surface area contributed by atoms with E-state index in [1.165, 1.54) is 212 Å². The molecule has 0 aromatic carbocycles. The lowest BCUT2D eigenvalue weighted by molar-refractivity contribution is -0.870. The van der Waals surface area contributed by atoms with Gasteiger partial charge in [-0.1, -0.05) is 336 Å². The summed E-state index contributed by atoms with van der Waals surface area (Å²) in [5, 5.41) is 14.1. The van der Waals surface area contributed by atoms with E-state index in [2.05, 4.69) is 104 Å². The van der Waals surface area contributed by atoms with Gasteiger partial charge in [0.2, 0.25) is 5.91 Å². The maximum atomic E-state index is 13.1. The molecule has 83 heavy (non-hydrogen) atoms. The third-order valence-electron chi connectivity index (χ3n) is 15.9. The minimum absolute atomic E-state index is 0.0688. The Morgan fingerprint density at radius 3 is 1.06 bits per heavy atom. The number of carbonyl (C=O) groups is 1. The average Bonchev–Trinajstić information content (AvgIpc) is 3.50. The highest BCUT2D eigenvalue weighted by molar-refractivity contribution is 7.47. The highest BCUT2D eigenvalue weighted by Crippen LogP contribution is 2.43. The Labute approximate surface area is 516 Å². The van der Waals surface area contributed by atoms with Crippen LogP contribution in [0.25, 0.3) is 0 Å². The predicted octanol–water partition coefficient (Wildman–Crippen LogP) is 22.7. The van der Waals surface area contributed by atoms with Crippen molar-refractivity contribution >= 4 is 13.7 Å². The molecule has 3 unspecified atom stereocenters. The normalized spacial score (nSPS) is 14.2. The van der Waals surface area contributed by atoms with Crippen molar-refractivity contribution in [2.75, 3.05) is 40.9 Å². The van der Waals surface area contributed by atoms with E-state index in [0.717, 1.165) is 89.9 Å². The highest BCUT2D eigenvalue weighted by Gasteiger charge is 2.28. The number of rotatable bonds is 65. The van der Waals surface area contributed by atoms with Crippen molar-refractivity contribution in [3.63, 3.8) is 0 Å². The third-order valence-corrected chi connectivity index (χ3v) is 16.9. The van der Waals surface area contributed by atoms with Crippen molar-refractivity contribution in [3.8, 4) is 0 Å². The number of quaternary nitrogens is 1. The smallest absolute Gasteiger partial charge is 0.391 e. The molecule has 0 aromatic heterocycles. The molecule has 0 saturated carbocycles. The molecule has 0 aliphatic carbocycles. The van der Waals surface area contributed by atoms with Gasteiger partial charge in [-0.05, 0) is 70.6 Å². The summed E-state index contributed by atoms with van der Waals surface area (Å²) in [6.45, 7) is 4.80. The van der Waals surface area contributed by atoms with E-state index >= 15 is 0 Å². The van der Waals surface area contributed by atoms with Crippen LogP contribution >= 0.6 is 7.82 Å². The first-order valence-corrected chi connectivity index (χ1v) is 36.9. The van der Waals surface area contributed by atoms with Crippen LogP contribution in [0.4, 0.5) is 0 Å². The Bertz CT molecular complexity index is 1630. The number of phosphoric ester groups is 1. The number of hydrogen-bond donors (Lipinski definition) is 3. The van der Waals surface area contributed by atoms with Crippen molar-refractivity contribution in [3.05, 3.63) is 85.1 Å². The number of allylic oxidation sites excluding steroid dienone is 14. The molecule has 3 N–H and O–H groups in total. The maximum Gasteiger partial charge on any atom is 0.472 e. The molecule has 8 nitrogen and oxygen atoms in total. The molecule has 0 radical (unpaired) electrons. The van der Waals surface area contributed by atoms with E-state index in [4.69, 9.17) is 9.05 Å². The predicted molar refractivity (Wildman–Crippen MR) is 364 cm³/mol. The van der Waals surface area contributed by atoms with Gasteiger partial charge in [-0.2, -0.15) is 0 Å². The minimum Gasteiger partial charge on any atom is -0.391 e. The summed E-state index contributed by atoms with van der Waals surface area (Å²) in [4.78, 5) is 23.5. The van der Waals surface area contributed by atoms with Crippen LogP contribution in [-0.4, -0.2) is 73.4 Å². The second-order valence-electron chi connectivity index (χ2n) is 25.2. The van der Waals surface area contributed by atoms with E-state index in [-0.39, 0.29) is 19.1 Å². The fourth-order valence-electron chi connectivity index (χ4n) is 10.4. The third kappa shape index (κ3) is 67.1. The molecule has 9 heteroatoms. The lowest BCUT2D eigenvalue weighted by Gasteiger charge is -2.26. The summed E-state index contributed by atoms with van der Waals surface area (Å²) < 4.78 is 23.9. The van der Waals surface area contributed by atoms with Crippen LogP contribution in [0.1, 0.15) is 328 Å². The number of likely N-dealkylation sites (N-methyl/N-ethyl adjacent to an activating group) is 1. The lowest BCUT2D eigenvalue weighted by Crippen LogP contribution is -2.46. The van der Waals surface area contributed by atoms with Gasteiger partial charge in [-0.25, -0.2) is 4.57 Å². The average molecular weight is 1180 g/mol. The topological polar surface area (TPSA) is 105 Å². The monoisotopic (exact) mass is 1180 g/mol. The number of aliphatic hydroxyl groups is 1. The van der Waals surface area contributed by atoms with E-state index < -0.39 is 20.0 Å². The van der Waals surface area contributed by atoms with Gasteiger partial charge in [0.15, 0.2) is 0 Å². The van der Waals surface area contributed by atoms with Crippen molar-refractivity contribution < 1.29 is 32.9 Å². The minimum atomic E-state index is -4.34. The van der Waals surface area contributed by atoms with Crippen molar-refractivity contribution in [1.82, 2.24) is 5.32 Å². The summed E-state index contributed by atoms with van der Waals surface area (Å²) in [6, 6.07) is -0.775. The van der Waals surface area contributed by atoms with Crippen LogP contribution in [0, 0.1) is 0 Å². The fourth-order valence-corrected chi connectivity index (χ4v) is 11.2. The largest absolute Gasteiger partial charge is 0.472 e. The van der Waals surface area contributed by atoms with Crippen LogP contribution in [0.15, 0.2) is 85.1 Å². The van der Waals surface area contributed by atoms with E-state index in [1.54, 1.807) is 0 Å². The zero-order valence-corrected chi connectivity index (χ0v) is 56.3. The summed E-state index contributed by atoms with van der Waals surface area (Å²) in [7, 11) is 1.61. The van der Waals surface area contributed by atoms with Gasteiger partial charge in [0, 0.05) is 6.42 Å². The van der Waals surface area contributed by atoms with Crippen LogP contribution in [0.2, 0.25) is 0 Å². The van der Waals surface area contributed by atoms with Crippen LogP contribution in [-0.2, 0) is 18.4 Å². The van der Waals surface area contributed by atoms with E-state index in [9.17, 15) is 19.4 Å². The molecule has 0 rings (SSSR count). The molecule has 0 bridgehead atoms. The highest BCUT2D eigenvalue weighted by atomic mass is 31.2. The molecule has 0 fully saturated rings. The Kier molecular flexibility index (Phi) is 62.4. The standard InChI is InChI=1S/C74H137N2O6P/c1-6-8-10-12-14-16-18-20-22-24-26-28-30-32-34-36-37-38-40-41-43-45-47-49-51-53-55-57-59-61-63-65-67-73(77)72(71-82-83(79,80)81-70-69-76(3,4)5)75-74(78)68-66-64-62-60-58-56-54-52-50-48-46-44-42-39-35-33-31-29-27-25-23-21-19-17-15-13-11-9-7-2/h9,11,15,17,21,23,27,29,33,35,42,44,48,50,72-73,77H,6-8,10,12-14,16,18-20,22,24-26,28,30-32,34,36-41,43,45-47,49,51-71H2,1-5H3,(H-,75,78,79,80)/p+1/b11-9-,17-15-,23-21-,29-27-,35-33-,44-42-,50-48-. The van der Waals surface area contributed by atoms with Crippen molar-refractivity contribution in [2.45, 2.75) is 341 Å². The molecule has 484 valence electrons. The second-order valence-corrected chi connectivity index (χ2v) is 26.7. The first kappa shape index (κ1) is 80.7. The fraction of sp³-hybridized carbons (Fsp3) is 0.797. The molecule has 0 heterocycles. The van der Waals surface area contributed by atoms with Gasteiger partial charge >= 0.3 is 7.82 Å². The first-order chi connectivity index (χ1) is 40.5. The number of amides is 1. The van der Waals surface area contributed by atoms with Gasteiger partial charge in [-0.15, -0.1) is 0 Å². The molecule has 1 amide bonds. The summed E-state index contributed by atoms with van der Waals surface area (Å²) in [5.74, 6) is -0.154. The Balaban J connectivity index is 4.08. The number of carbonyl (C=O) groups excluding carboxylic acids is 1. The van der Waals surface area contributed by atoms with Crippen LogP contribution < -0.4 is 5.32 Å². The number of phosphoric acid groups is 1. The summed E-state index contributed by atoms with van der Waals surface area (Å²) >= 11 is 0. The quantitative estimate of drug-likeness (QED) is 0.0243. The van der Waals surface area contributed by atoms with Gasteiger partial charge in [0.25, 0.3) is 0 Å². The first-order valence-electron chi connectivity index (χ1n) is 35.5. The molecule has 0 aromatic rings. The molecule has 0 aliphatic rings. The molecule has 0 spiro atoms. The molecule has 0 aliphatic heterocycles. The number of unbranched alkanes of at least 4 members (excludes halogenated alkanes) is 38. The van der Waals surface area contributed by atoms with Crippen LogP contribution in [0.5, 0.6) is 0 Å². The Morgan fingerprint density at radius 2 is 0.723 bits per heavy atom. The molecular formula is C74H138N2O6P+. The van der Waals surface area contributed by atoms with Crippen LogP contribution in [0.3, 0.4) is 0 Å². The zero-order chi connectivity index (χ0) is 60.5. The number of nitrogens with zero attached hydrogens (tertiary/aromatic N) is 1. The number of hydrogen-bond acceptors (Lipinski definition) is 5. The maximum absolute atomic E-state index is 13.1. The van der Waals surface area contributed by atoms with E-state index in [0.29, 0.717) is 23.9 Å². The van der Waals surface area contributed by atoms with Gasteiger partial charge in [0.05, 0.1) is 39.9 Å². The summed E-state index contributed by atoms with van der Waals surface area (Å²) in [5.41, 5.74) is 0. The summed E-state index contributed by atoms with van der Waals surface area (Å²) in [6.07, 6.45) is 91.2. The Hall–Kier alpha value is -2.32. The SMILES string of the molecule is CC/C=C\C/C=C\C/C=C\C/C=C\C/C=C\C/C=C\C/C=C\CCCCCCCCCC(=O)NC(COP(=O)(O)OCC[N+](C)(C)C)C(O)CCCCCCCCCCCCCCCCCCCCCCCCCCCCCCCCCC. The van der Waals surface area contributed by atoms with Gasteiger partial charge in [0.1, 0.15) is 13.2 Å². The van der Waals surface area contributed by atoms with Crippen molar-refractivity contribution in [1.29, 1.82) is 0 Å². The molecule has 3 atom stereocenters. The zero-order valence-electron chi connectivity index (χ0n) is 55.4. The number of nitrogens with one attached hydrogen (secondary N) is 1. The number of aliphatic hydroxyl groups excluding tert-OH is 1. The van der Waals surface area contributed by atoms with Gasteiger partial charge in [-0.3, -0.25) is 13.8 Å². The molecule has 0 saturated heterocycles. The lowest BCUT2D eigenvalue weighted by atomic mass is 10.0. The Morgan fingerprint density at radius 1 is 0.422 bits per heavy atom. The van der Waals surface area contributed by atoms with Crippen molar-refractivity contribution in [2.24, 2.45) is 0 Å².